The van der Waals surface area contributed by atoms with Crippen LogP contribution < -0.4 is 5.73 Å². The van der Waals surface area contributed by atoms with Crippen molar-refractivity contribution in [3.05, 3.63) is 17.4 Å². The molecule has 0 aliphatic carbocycles. The average Bonchev–Trinajstić information content (AvgIpc) is 1.87. The second kappa shape index (κ2) is 4.58. The van der Waals surface area contributed by atoms with Crippen molar-refractivity contribution in [2.45, 2.75) is 13.8 Å². The zero-order chi connectivity index (χ0) is 7.28. The van der Waals surface area contributed by atoms with Gasteiger partial charge in [0.1, 0.15) is 5.84 Å². The lowest BCUT2D eigenvalue weighted by atomic mass is 10.3. The van der Waals surface area contributed by atoms with Gasteiger partial charge in [-0.3, -0.25) is 0 Å². The fourth-order valence-corrected chi connectivity index (χ4v) is 0.716. The molecular formula is C6H9IN2. The maximum absolute atomic E-state index is 5.43. The molecule has 0 amide bonds. The van der Waals surface area contributed by atoms with E-state index in [1.165, 1.54) is 0 Å². The van der Waals surface area contributed by atoms with Crippen molar-refractivity contribution in [2.75, 3.05) is 0 Å². The maximum atomic E-state index is 5.43. The van der Waals surface area contributed by atoms with Gasteiger partial charge in [-0.15, -0.1) is 5.73 Å². The van der Waals surface area contributed by atoms with Gasteiger partial charge in [0.15, 0.2) is 0 Å². The zero-order valence-electron chi connectivity index (χ0n) is 5.48. The summed E-state index contributed by atoms with van der Waals surface area (Å²) in [6.07, 6.45) is 1.81. The van der Waals surface area contributed by atoms with Crippen LogP contribution in [0.15, 0.2) is 20.6 Å². The Bertz CT molecular complexity index is 175. The van der Waals surface area contributed by atoms with Crippen LogP contribution in [0.4, 0.5) is 0 Å². The third-order valence-electron chi connectivity index (χ3n) is 0.836. The number of amidine groups is 1. The lowest BCUT2D eigenvalue weighted by molar-refractivity contribution is 1.52. The largest absolute Gasteiger partial charge is 0.383 e. The van der Waals surface area contributed by atoms with E-state index >= 15 is 0 Å². The van der Waals surface area contributed by atoms with Crippen LogP contribution in [0.5, 0.6) is 0 Å². The highest BCUT2D eigenvalue weighted by Crippen LogP contribution is 1.92. The van der Waals surface area contributed by atoms with Crippen LogP contribution in [-0.4, -0.2) is 5.84 Å². The van der Waals surface area contributed by atoms with Gasteiger partial charge in [0.05, 0.1) is 22.9 Å². The Labute approximate surface area is 69.0 Å². The molecule has 3 heteroatoms. The molecule has 0 saturated heterocycles. The second-order valence-corrected chi connectivity index (χ2v) is 2.01. The molecule has 0 bridgehead atoms. The van der Waals surface area contributed by atoms with E-state index in [-0.39, 0.29) is 0 Å². The van der Waals surface area contributed by atoms with E-state index in [0.29, 0.717) is 5.84 Å². The van der Waals surface area contributed by atoms with Crippen molar-refractivity contribution in [2.24, 2.45) is 8.94 Å². The van der Waals surface area contributed by atoms with Gasteiger partial charge in [-0.05, 0) is 19.9 Å². The first-order valence-electron chi connectivity index (χ1n) is 2.55. The highest BCUT2D eigenvalue weighted by molar-refractivity contribution is 14.1. The highest BCUT2D eigenvalue weighted by atomic mass is 127. The summed E-state index contributed by atoms with van der Waals surface area (Å²) >= 11 is 1.86. The average molecular weight is 236 g/mol. The van der Waals surface area contributed by atoms with E-state index in [4.69, 9.17) is 5.73 Å². The Kier molecular flexibility index (Phi) is 4.44. The molecule has 0 radical (unpaired) electrons. The Morgan fingerprint density at radius 1 is 1.78 bits per heavy atom. The van der Waals surface area contributed by atoms with Gasteiger partial charge in [-0.1, -0.05) is 0 Å². The molecule has 2 nitrogen and oxygen atoms in total. The van der Waals surface area contributed by atoms with Crippen molar-refractivity contribution < 1.29 is 0 Å². The van der Waals surface area contributed by atoms with E-state index in [0.717, 1.165) is 5.57 Å². The van der Waals surface area contributed by atoms with E-state index in [9.17, 15) is 0 Å². The number of nitrogens with two attached hydrogens (primary N) is 1. The third kappa shape index (κ3) is 3.32. The van der Waals surface area contributed by atoms with Gasteiger partial charge < -0.3 is 5.73 Å². The molecule has 50 valence electrons. The molecule has 0 rings (SSSR count). The molecule has 0 heterocycles. The fraction of sp³-hybridized carbons (Fsp3) is 0.333. The van der Waals surface area contributed by atoms with E-state index < -0.39 is 0 Å². The summed E-state index contributed by atoms with van der Waals surface area (Å²) in [5.74, 6) is 0.536. The number of rotatable bonds is 1. The fourth-order valence-electron chi connectivity index (χ4n) is 0.354. The molecule has 0 atom stereocenters. The minimum absolute atomic E-state index is 0.536. The lowest BCUT2D eigenvalue weighted by Crippen LogP contribution is -2.10. The summed E-state index contributed by atoms with van der Waals surface area (Å²) in [5.41, 5.74) is 9.23. The molecule has 2 N–H and O–H groups in total. The predicted molar refractivity (Wildman–Crippen MR) is 48.6 cm³/mol. The SMILES string of the molecule is CC=C=C(C)C(N)=NI. The third-order valence-corrected chi connectivity index (χ3v) is 1.36. The number of nitrogens with zero attached hydrogens (tertiary/aromatic N) is 1. The van der Waals surface area contributed by atoms with Gasteiger partial charge in [-0.25, -0.2) is 0 Å². The highest BCUT2D eigenvalue weighted by Gasteiger charge is 1.89. The van der Waals surface area contributed by atoms with Crippen LogP contribution in [0.25, 0.3) is 0 Å². The molecule has 0 aliphatic heterocycles. The summed E-state index contributed by atoms with van der Waals surface area (Å²) in [7, 11) is 0. The Balaban J connectivity index is 4.40. The molecule has 0 saturated carbocycles. The zero-order valence-corrected chi connectivity index (χ0v) is 7.64. The summed E-state index contributed by atoms with van der Waals surface area (Å²) < 4.78 is 3.75. The molecule has 0 spiro atoms. The van der Waals surface area contributed by atoms with Crippen LogP contribution in [0, 0.1) is 0 Å². The topological polar surface area (TPSA) is 38.4 Å². The van der Waals surface area contributed by atoms with E-state index in [1.54, 1.807) is 0 Å². The summed E-state index contributed by atoms with van der Waals surface area (Å²) in [6, 6.07) is 0. The molecule has 0 aromatic carbocycles. The van der Waals surface area contributed by atoms with Crippen molar-refractivity contribution in [1.82, 2.24) is 0 Å². The molecular weight excluding hydrogens is 227 g/mol. The van der Waals surface area contributed by atoms with Gasteiger partial charge in [0.25, 0.3) is 0 Å². The summed E-state index contributed by atoms with van der Waals surface area (Å²) in [4.78, 5) is 0. The molecule has 0 unspecified atom stereocenters. The quantitative estimate of drug-likeness (QED) is 0.320. The Morgan fingerprint density at radius 2 is 2.33 bits per heavy atom. The summed E-state index contributed by atoms with van der Waals surface area (Å²) in [5, 5.41) is 0. The molecule has 0 aromatic rings. The molecule has 0 aromatic heterocycles. The van der Waals surface area contributed by atoms with Crippen molar-refractivity contribution in [3.8, 4) is 0 Å². The Hall–Kier alpha value is -0.280. The van der Waals surface area contributed by atoms with E-state index in [2.05, 4.69) is 8.94 Å². The molecule has 0 fully saturated rings. The van der Waals surface area contributed by atoms with Gasteiger partial charge in [0.2, 0.25) is 0 Å². The monoisotopic (exact) mass is 236 g/mol. The number of hydrogen-bond acceptors (Lipinski definition) is 1. The predicted octanol–water partition coefficient (Wildman–Crippen LogP) is 1.81. The Morgan fingerprint density at radius 3 is 2.67 bits per heavy atom. The standard InChI is InChI=1S/C6H9IN2/c1-3-4-5(2)6(8)9-7/h3H,1-2H3,(H2,8,9). The van der Waals surface area contributed by atoms with Crippen LogP contribution in [0.1, 0.15) is 13.8 Å². The first-order chi connectivity index (χ1) is 4.22. The number of halogens is 1. The maximum Gasteiger partial charge on any atom is 0.140 e. The van der Waals surface area contributed by atoms with E-state index in [1.807, 2.05) is 42.8 Å². The van der Waals surface area contributed by atoms with Crippen LogP contribution >= 0.6 is 22.9 Å². The van der Waals surface area contributed by atoms with Crippen LogP contribution in [-0.2, 0) is 0 Å². The molecule has 9 heavy (non-hydrogen) atoms. The van der Waals surface area contributed by atoms with Crippen LogP contribution in [0.3, 0.4) is 0 Å². The van der Waals surface area contributed by atoms with Gasteiger partial charge in [0, 0.05) is 5.57 Å². The van der Waals surface area contributed by atoms with Crippen molar-refractivity contribution >= 4 is 28.7 Å². The van der Waals surface area contributed by atoms with Gasteiger partial charge >= 0.3 is 0 Å². The van der Waals surface area contributed by atoms with Gasteiger partial charge in [-0.2, -0.15) is 3.21 Å². The lowest BCUT2D eigenvalue weighted by Gasteiger charge is -1.90. The van der Waals surface area contributed by atoms with Crippen LogP contribution in [0.2, 0.25) is 0 Å². The minimum Gasteiger partial charge on any atom is -0.383 e. The minimum atomic E-state index is 0.536. The normalized spacial score (nSPS) is 10.3. The van der Waals surface area contributed by atoms with Crippen molar-refractivity contribution in [3.63, 3.8) is 0 Å². The number of hydrogen-bond donors (Lipinski definition) is 1. The first kappa shape index (κ1) is 8.72. The second-order valence-electron chi connectivity index (χ2n) is 1.53. The van der Waals surface area contributed by atoms with Crippen molar-refractivity contribution in [1.29, 1.82) is 0 Å². The molecule has 0 aliphatic rings. The first-order valence-corrected chi connectivity index (χ1v) is 3.51. The smallest absolute Gasteiger partial charge is 0.140 e. The summed E-state index contributed by atoms with van der Waals surface area (Å²) in [6.45, 7) is 3.77.